The van der Waals surface area contributed by atoms with Gasteiger partial charge in [0.05, 0.1) is 16.3 Å². The van der Waals surface area contributed by atoms with E-state index in [0.717, 1.165) is 28.2 Å². The Morgan fingerprint density at radius 3 is 2.23 bits per heavy atom. The molecule has 0 saturated carbocycles. The van der Waals surface area contributed by atoms with E-state index < -0.39 is 9.84 Å². The maximum atomic E-state index is 11.6. The van der Waals surface area contributed by atoms with Gasteiger partial charge in [0.1, 0.15) is 0 Å². The lowest BCUT2D eigenvalue weighted by Gasteiger charge is -2.09. The summed E-state index contributed by atoms with van der Waals surface area (Å²) in [7, 11) is -3.19. The number of hydrogen-bond acceptors (Lipinski definition) is 4. The van der Waals surface area contributed by atoms with Crippen LogP contribution in [0, 0.1) is 6.92 Å². The zero-order valence-corrected chi connectivity index (χ0v) is 15.6. The highest BCUT2D eigenvalue weighted by molar-refractivity contribution is 7.90. The number of para-hydroxylation sites is 1. The van der Waals surface area contributed by atoms with Crippen LogP contribution < -0.4 is 0 Å². The molecule has 0 radical (unpaired) electrons. The van der Waals surface area contributed by atoms with Gasteiger partial charge in [-0.15, -0.1) is 0 Å². The van der Waals surface area contributed by atoms with Crippen LogP contribution in [0.1, 0.15) is 16.8 Å². The number of benzene rings is 2. The molecule has 0 bridgehead atoms. The molecule has 0 aliphatic rings. The molecule has 0 N–H and O–H groups in total. The number of aryl methyl sites for hydroxylation is 1. The Balaban J connectivity index is 1.96. The van der Waals surface area contributed by atoms with E-state index in [1.54, 1.807) is 12.1 Å². The van der Waals surface area contributed by atoms with Crippen LogP contribution in [0.25, 0.3) is 0 Å². The molecule has 0 saturated heterocycles. The van der Waals surface area contributed by atoms with E-state index in [1.165, 1.54) is 6.26 Å². The number of sulfone groups is 1. The van der Waals surface area contributed by atoms with Crippen molar-refractivity contribution in [2.24, 2.45) is 4.99 Å². The lowest BCUT2D eigenvalue weighted by atomic mass is 10.0. The van der Waals surface area contributed by atoms with Crippen LogP contribution in [-0.2, 0) is 16.3 Å². The Morgan fingerprint density at radius 2 is 1.65 bits per heavy atom. The Labute approximate surface area is 154 Å². The highest BCUT2D eigenvalue weighted by Crippen LogP contribution is 2.17. The first-order chi connectivity index (χ1) is 12.4. The van der Waals surface area contributed by atoms with Gasteiger partial charge in [0, 0.05) is 30.1 Å². The first-order valence-corrected chi connectivity index (χ1v) is 10.2. The minimum atomic E-state index is -3.19. The van der Waals surface area contributed by atoms with Gasteiger partial charge in [-0.25, -0.2) is 8.42 Å². The van der Waals surface area contributed by atoms with Crippen LogP contribution >= 0.6 is 0 Å². The molecule has 0 spiro atoms. The van der Waals surface area contributed by atoms with E-state index in [9.17, 15) is 8.42 Å². The van der Waals surface area contributed by atoms with Crippen molar-refractivity contribution in [2.45, 2.75) is 18.2 Å². The molecule has 0 aliphatic heterocycles. The molecule has 132 valence electrons. The van der Waals surface area contributed by atoms with Gasteiger partial charge in [-0.3, -0.25) is 9.98 Å². The summed E-state index contributed by atoms with van der Waals surface area (Å²) in [4.78, 5) is 9.47. The number of nitrogens with zero attached hydrogens (tertiary/aromatic N) is 2. The quantitative estimate of drug-likeness (QED) is 0.639. The molecule has 0 unspecified atom stereocenters. The monoisotopic (exact) mass is 364 g/mol. The molecule has 0 fully saturated rings. The van der Waals surface area contributed by atoms with Crippen molar-refractivity contribution in [3.63, 3.8) is 0 Å². The van der Waals surface area contributed by atoms with Crippen molar-refractivity contribution < 1.29 is 8.42 Å². The van der Waals surface area contributed by atoms with Crippen molar-refractivity contribution in [1.29, 1.82) is 0 Å². The summed E-state index contributed by atoms with van der Waals surface area (Å²) in [5.41, 5.74) is 4.65. The van der Waals surface area contributed by atoms with Crippen LogP contribution in [0.15, 0.2) is 82.8 Å². The Kier molecular flexibility index (Phi) is 5.28. The lowest BCUT2D eigenvalue weighted by Crippen LogP contribution is -2.06. The van der Waals surface area contributed by atoms with Crippen LogP contribution in [0.5, 0.6) is 0 Å². The topological polar surface area (TPSA) is 59.4 Å². The average molecular weight is 364 g/mol. The third-order valence-corrected chi connectivity index (χ3v) is 5.12. The molecule has 2 aromatic carbocycles. The van der Waals surface area contributed by atoms with E-state index in [1.807, 2.05) is 67.7 Å². The number of pyridine rings is 1. The first kappa shape index (κ1) is 18.0. The van der Waals surface area contributed by atoms with Crippen molar-refractivity contribution in [3.8, 4) is 0 Å². The smallest absolute Gasteiger partial charge is 0.175 e. The molecule has 0 amide bonds. The lowest BCUT2D eigenvalue weighted by molar-refractivity contribution is 0.602. The second kappa shape index (κ2) is 7.62. The average Bonchev–Trinajstić information content (AvgIpc) is 2.62. The molecular formula is C21H20N2O2S. The van der Waals surface area contributed by atoms with E-state index in [-0.39, 0.29) is 0 Å². The van der Waals surface area contributed by atoms with Gasteiger partial charge >= 0.3 is 0 Å². The minimum absolute atomic E-state index is 0.319. The molecule has 1 heterocycles. The standard InChI is InChI=1S/C21H20N2O2S/c1-16-8-11-18(15-22-16)21(23-19-6-4-3-5-7-19)14-17-9-12-20(13-10-17)26(2,24)25/h3-13,15H,14H2,1-2H3. The molecule has 4 nitrogen and oxygen atoms in total. The maximum Gasteiger partial charge on any atom is 0.175 e. The van der Waals surface area contributed by atoms with Gasteiger partial charge in [0.2, 0.25) is 0 Å². The summed E-state index contributed by atoms with van der Waals surface area (Å²) in [5, 5.41) is 0. The molecule has 26 heavy (non-hydrogen) atoms. The largest absolute Gasteiger partial charge is 0.261 e. The summed E-state index contributed by atoms with van der Waals surface area (Å²) >= 11 is 0. The molecule has 3 aromatic rings. The van der Waals surface area contributed by atoms with Crippen molar-refractivity contribution in [3.05, 3.63) is 89.7 Å². The predicted octanol–water partition coefficient (Wildman–Crippen LogP) is 4.16. The Morgan fingerprint density at radius 1 is 0.962 bits per heavy atom. The van der Waals surface area contributed by atoms with Crippen LogP contribution in [0.2, 0.25) is 0 Å². The molecule has 5 heteroatoms. The Hall–Kier alpha value is -2.79. The van der Waals surface area contributed by atoms with Gasteiger partial charge in [0.15, 0.2) is 9.84 Å². The SMILES string of the molecule is Cc1ccc(C(Cc2ccc(S(C)(=O)=O)cc2)=Nc2ccccc2)cn1. The fourth-order valence-corrected chi connectivity index (χ4v) is 3.18. The summed E-state index contributed by atoms with van der Waals surface area (Å²) < 4.78 is 23.3. The number of rotatable bonds is 5. The van der Waals surface area contributed by atoms with Crippen molar-refractivity contribution in [1.82, 2.24) is 4.98 Å². The van der Waals surface area contributed by atoms with Gasteiger partial charge in [0.25, 0.3) is 0 Å². The summed E-state index contributed by atoms with van der Waals surface area (Å²) in [5.74, 6) is 0. The molecule has 1 aromatic heterocycles. The third kappa shape index (κ3) is 4.64. The zero-order chi connectivity index (χ0) is 18.6. The highest BCUT2D eigenvalue weighted by Gasteiger charge is 2.09. The predicted molar refractivity (Wildman–Crippen MR) is 105 cm³/mol. The first-order valence-electron chi connectivity index (χ1n) is 8.26. The Bertz CT molecular complexity index is 1010. The number of aliphatic imine (C=N–C) groups is 1. The van der Waals surface area contributed by atoms with Crippen LogP contribution in [0.3, 0.4) is 0 Å². The molecular weight excluding hydrogens is 344 g/mol. The van der Waals surface area contributed by atoms with Gasteiger partial charge in [-0.2, -0.15) is 0 Å². The second-order valence-corrected chi connectivity index (χ2v) is 8.19. The molecule has 0 atom stereocenters. The normalized spacial score (nSPS) is 12.2. The second-order valence-electron chi connectivity index (χ2n) is 6.18. The van der Waals surface area contributed by atoms with Crippen LogP contribution in [-0.4, -0.2) is 25.4 Å². The fraction of sp³-hybridized carbons (Fsp3) is 0.143. The van der Waals surface area contributed by atoms with E-state index in [0.29, 0.717) is 11.3 Å². The third-order valence-electron chi connectivity index (χ3n) is 3.99. The number of hydrogen-bond donors (Lipinski definition) is 0. The minimum Gasteiger partial charge on any atom is -0.261 e. The number of aromatic nitrogens is 1. The summed E-state index contributed by atoms with van der Waals surface area (Å²) in [6.07, 6.45) is 3.62. The van der Waals surface area contributed by atoms with E-state index >= 15 is 0 Å². The van der Waals surface area contributed by atoms with Gasteiger partial charge in [-0.05, 0) is 48.9 Å². The van der Waals surface area contributed by atoms with Crippen molar-refractivity contribution >= 4 is 21.2 Å². The fourth-order valence-electron chi connectivity index (χ4n) is 2.55. The van der Waals surface area contributed by atoms with E-state index in [2.05, 4.69) is 4.98 Å². The zero-order valence-electron chi connectivity index (χ0n) is 14.8. The van der Waals surface area contributed by atoms with Crippen LogP contribution in [0.4, 0.5) is 5.69 Å². The van der Waals surface area contributed by atoms with Gasteiger partial charge in [-0.1, -0.05) is 30.3 Å². The maximum absolute atomic E-state index is 11.6. The molecule has 3 rings (SSSR count). The summed E-state index contributed by atoms with van der Waals surface area (Å²) in [6.45, 7) is 1.95. The highest BCUT2D eigenvalue weighted by atomic mass is 32.2. The molecule has 0 aliphatic carbocycles. The van der Waals surface area contributed by atoms with E-state index in [4.69, 9.17) is 4.99 Å². The summed E-state index contributed by atoms with van der Waals surface area (Å²) in [6, 6.07) is 20.7. The van der Waals surface area contributed by atoms with Gasteiger partial charge < -0.3 is 0 Å². The van der Waals surface area contributed by atoms with Crippen molar-refractivity contribution in [2.75, 3.05) is 6.26 Å².